The summed E-state index contributed by atoms with van der Waals surface area (Å²) in [5, 5.41) is 3.54. The smallest absolute Gasteiger partial charge is 0.0202 e. The predicted octanol–water partition coefficient (Wildman–Crippen LogP) is 2.74. The molecule has 2 fully saturated rings. The molecule has 0 bridgehead atoms. The van der Waals surface area contributed by atoms with E-state index in [1.54, 1.807) is 0 Å². The number of hydrogen-bond acceptors (Lipinski definition) is 3. The normalized spacial score (nSPS) is 22.8. The van der Waals surface area contributed by atoms with Crippen LogP contribution < -0.4 is 5.32 Å². The molecule has 122 valence electrons. The molecule has 21 heavy (non-hydrogen) atoms. The molecule has 2 heterocycles. The Labute approximate surface area is 131 Å². The van der Waals surface area contributed by atoms with Gasteiger partial charge in [-0.2, -0.15) is 0 Å². The Balaban J connectivity index is 1.61. The van der Waals surface area contributed by atoms with Gasteiger partial charge in [-0.05, 0) is 84.1 Å². The van der Waals surface area contributed by atoms with Gasteiger partial charge < -0.3 is 10.2 Å². The Kier molecular flexibility index (Phi) is 6.27. The average molecular weight is 293 g/mol. The topological polar surface area (TPSA) is 18.5 Å². The first-order chi connectivity index (χ1) is 9.92. The summed E-state index contributed by atoms with van der Waals surface area (Å²) in [6.45, 7) is 19.4. The zero-order valence-corrected chi connectivity index (χ0v) is 14.5. The molecule has 2 aliphatic heterocycles. The molecule has 0 amide bonds. The minimum atomic E-state index is 0.186. The van der Waals surface area contributed by atoms with E-state index >= 15 is 0 Å². The number of piperidine rings is 1. The SMILES string of the molecule is C=C(CNC(C)(C)C)CN1CCC(CN2CCCC2)CC1. The second-order valence-electron chi connectivity index (χ2n) is 8.08. The third-order valence-electron chi connectivity index (χ3n) is 4.74. The van der Waals surface area contributed by atoms with E-state index in [-0.39, 0.29) is 5.54 Å². The van der Waals surface area contributed by atoms with Gasteiger partial charge in [0.05, 0.1) is 0 Å². The van der Waals surface area contributed by atoms with Crippen LogP contribution in [-0.4, -0.2) is 61.2 Å². The van der Waals surface area contributed by atoms with Crippen LogP contribution in [0.15, 0.2) is 12.2 Å². The molecule has 3 heteroatoms. The Hall–Kier alpha value is -0.380. The van der Waals surface area contributed by atoms with Crippen molar-refractivity contribution in [2.75, 3.05) is 45.8 Å². The quantitative estimate of drug-likeness (QED) is 0.760. The van der Waals surface area contributed by atoms with E-state index in [0.29, 0.717) is 0 Å². The van der Waals surface area contributed by atoms with Crippen molar-refractivity contribution < 1.29 is 0 Å². The number of rotatable bonds is 6. The highest BCUT2D eigenvalue weighted by Crippen LogP contribution is 2.21. The van der Waals surface area contributed by atoms with Crippen LogP contribution >= 0.6 is 0 Å². The molecule has 0 aromatic carbocycles. The first-order valence-electron chi connectivity index (χ1n) is 8.79. The fourth-order valence-electron chi connectivity index (χ4n) is 3.42. The van der Waals surface area contributed by atoms with E-state index in [0.717, 1.165) is 19.0 Å². The minimum Gasteiger partial charge on any atom is -0.308 e. The van der Waals surface area contributed by atoms with Crippen molar-refractivity contribution in [1.82, 2.24) is 15.1 Å². The molecule has 2 aliphatic rings. The fourth-order valence-corrected chi connectivity index (χ4v) is 3.42. The molecule has 0 aromatic rings. The molecule has 0 atom stereocenters. The van der Waals surface area contributed by atoms with Gasteiger partial charge in [-0.15, -0.1) is 0 Å². The highest BCUT2D eigenvalue weighted by Gasteiger charge is 2.23. The van der Waals surface area contributed by atoms with Crippen LogP contribution in [0.2, 0.25) is 0 Å². The lowest BCUT2D eigenvalue weighted by atomic mass is 9.96. The van der Waals surface area contributed by atoms with E-state index in [4.69, 9.17) is 0 Å². The largest absolute Gasteiger partial charge is 0.308 e. The maximum absolute atomic E-state index is 4.24. The van der Waals surface area contributed by atoms with Gasteiger partial charge in [0, 0.05) is 25.2 Å². The molecule has 0 aromatic heterocycles. The minimum absolute atomic E-state index is 0.186. The molecule has 0 aliphatic carbocycles. The molecule has 1 N–H and O–H groups in total. The van der Waals surface area contributed by atoms with Crippen molar-refractivity contribution in [3.8, 4) is 0 Å². The van der Waals surface area contributed by atoms with Crippen LogP contribution in [0.1, 0.15) is 46.5 Å². The van der Waals surface area contributed by atoms with E-state index in [1.165, 1.54) is 64.0 Å². The Morgan fingerprint density at radius 2 is 1.67 bits per heavy atom. The molecule has 2 saturated heterocycles. The van der Waals surface area contributed by atoms with Gasteiger partial charge in [0.25, 0.3) is 0 Å². The maximum atomic E-state index is 4.24. The summed E-state index contributed by atoms with van der Waals surface area (Å²) in [5.74, 6) is 0.931. The summed E-state index contributed by atoms with van der Waals surface area (Å²) in [7, 11) is 0. The molecule has 0 saturated carbocycles. The van der Waals surface area contributed by atoms with Crippen LogP contribution in [0, 0.1) is 5.92 Å². The van der Waals surface area contributed by atoms with Crippen molar-refractivity contribution in [3.05, 3.63) is 12.2 Å². The number of nitrogens with zero attached hydrogens (tertiary/aromatic N) is 2. The van der Waals surface area contributed by atoms with E-state index in [2.05, 4.69) is 42.5 Å². The average Bonchev–Trinajstić information content (AvgIpc) is 2.91. The molecule has 0 unspecified atom stereocenters. The predicted molar refractivity (Wildman–Crippen MR) is 91.7 cm³/mol. The summed E-state index contributed by atoms with van der Waals surface area (Å²) >= 11 is 0. The third kappa shape index (κ3) is 6.50. The van der Waals surface area contributed by atoms with Gasteiger partial charge in [-0.1, -0.05) is 6.58 Å². The van der Waals surface area contributed by atoms with Crippen LogP contribution in [-0.2, 0) is 0 Å². The lowest BCUT2D eigenvalue weighted by Gasteiger charge is -2.34. The van der Waals surface area contributed by atoms with Gasteiger partial charge in [0.2, 0.25) is 0 Å². The number of nitrogens with one attached hydrogen (secondary N) is 1. The lowest BCUT2D eigenvalue weighted by Crippen LogP contribution is -2.41. The van der Waals surface area contributed by atoms with Crippen molar-refractivity contribution in [1.29, 1.82) is 0 Å². The summed E-state index contributed by atoms with van der Waals surface area (Å²) in [4.78, 5) is 5.26. The van der Waals surface area contributed by atoms with Gasteiger partial charge >= 0.3 is 0 Å². The Morgan fingerprint density at radius 3 is 2.24 bits per heavy atom. The number of likely N-dealkylation sites (tertiary alicyclic amines) is 2. The standard InChI is InChI=1S/C18H35N3/c1-16(13-19-18(2,3)4)14-21-11-7-17(8-12-21)15-20-9-5-6-10-20/h17,19H,1,5-15H2,2-4H3. The molecular weight excluding hydrogens is 258 g/mol. The van der Waals surface area contributed by atoms with E-state index in [1.807, 2.05) is 0 Å². The van der Waals surface area contributed by atoms with Crippen molar-refractivity contribution in [3.63, 3.8) is 0 Å². The molecular formula is C18H35N3. The summed E-state index contributed by atoms with van der Waals surface area (Å²) in [6, 6.07) is 0. The van der Waals surface area contributed by atoms with Crippen LogP contribution in [0.5, 0.6) is 0 Å². The van der Waals surface area contributed by atoms with Gasteiger partial charge in [-0.25, -0.2) is 0 Å². The summed E-state index contributed by atoms with van der Waals surface area (Å²) in [6.07, 6.45) is 5.58. The zero-order chi connectivity index (χ0) is 15.3. The summed E-state index contributed by atoms with van der Waals surface area (Å²) in [5.41, 5.74) is 1.51. The first kappa shape index (κ1) is 17.0. The highest BCUT2D eigenvalue weighted by atomic mass is 15.2. The fraction of sp³-hybridized carbons (Fsp3) is 0.889. The highest BCUT2D eigenvalue weighted by molar-refractivity contribution is 5.01. The van der Waals surface area contributed by atoms with E-state index < -0.39 is 0 Å². The lowest BCUT2D eigenvalue weighted by molar-refractivity contribution is 0.162. The van der Waals surface area contributed by atoms with Crippen LogP contribution in [0.25, 0.3) is 0 Å². The van der Waals surface area contributed by atoms with Gasteiger partial charge in [-0.3, -0.25) is 4.90 Å². The second-order valence-corrected chi connectivity index (χ2v) is 8.08. The zero-order valence-electron chi connectivity index (χ0n) is 14.5. The molecule has 0 radical (unpaired) electrons. The van der Waals surface area contributed by atoms with Crippen molar-refractivity contribution >= 4 is 0 Å². The monoisotopic (exact) mass is 293 g/mol. The molecule has 2 rings (SSSR count). The van der Waals surface area contributed by atoms with Crippen molar-refractivity contribution in [2.45, 2.75) is 52.0 Å². The number of hydrogen-bond donors (Lipinski definition) is 1. The first-order valence-corrected chi connectivity index (χ1v) is 8.79. The van der Waals surface area contributed by atoms with Gasteiger partial charge in [0.1, 0.15) is 0 Å². The van der Waals surface area contributed by atoms with E-state index in [9.17, 15) is 0 Å². The Bertz CT molecular complexity index is 318. The van der Waals surface area contributed by atoms with Crippen molar-refractivity contribution in [2.24, 2.45) is 5.92 Å². The second kappa shape index (κ2) is 7.75. The third-order valence-corrected chi connectivity index (χ3v) is 4.74. The Morgan fingerprint density at radius 1 is 1.05 bits per heavy atom. The van der Waals surface area contributed by atoms with Crippen LogP contribution in [0.4, 0.5) is 0 Å². The maximum Gasteiger partial charge on any atom is 0.0202 e. The molecule has 3 nitrogen and oxygen atoms in total. The molecule has 0 spiro atoms. The van der Waals surface area contributed by atoms with Crippen LogP contribution in [0.3, 0.4) is 0 Å². The van der Waals surface area contributed by atoms with Gasteiger partial charge in [0.15, 0.2) is 0 Å². The summed E-state index contributed by atoms with van der Waals surface area (Å²) < 4.78 is 0.